The number of hydrogen-bond donors (Lipinski definition) is 4. The van der Waals surface area contributed by atoms with E-state index in [2.05, 4.69) is 15.6 Å². The van der Waals surface area contributed by atoms with Gasteiger partial charge in [0.05, 0.1) is 5.69 Å². The fourth-order valence-corrected chi connectivity index (χ4v) is 1.37. The molecule has 10 heteroatoms. The Morgan fingerprint density at radius 2 is 2.11 bits per heavy atom. The molecule has 0 saturated heterocycles. The van der Waals surface area contributed by atoms with Gasteiger partial charge in [0, 0.05) is 13.5 Å². The summed E-state index contributed by atoms with van der Waals surface area (Å²) in [6, 6.07) is -0.663. The molecule has 0 aliphatic heterocycles. The molecule has 3 amide bonds. The molecule has 0 spiro atoms. The molecule has 1 rings (SSSR count). The first-order valence-corrected chi connectivity index (χ1v) is 5.36. The molecule has 1 aromatic heterocycles. The molecule has 0 unspecified atom stereocenters. The van der Waals surface area contributed by atoms with Crippen LogP contribution in [0.15, 0.2) is 0 Å². The van der Waals surface area contributed by atoms with E-state index in [1.165, 1.54) is 7.05 Å². The number of carboxylic acid groups (broad SMARTS) is 1. The van der Waals surface area contributed by atoms with Gasteiger partial charge in [0.1, 0.15) is 6.54 Å². The van der Waals surface area contributed by atoms with Crippen molar-refractivity contribution in [3.63, 3.8) is 0 Å². The standard InChI is InChI=1S/C9H14N6O4/c1-11-9(19)12-6(16)4-15-5(2-3-10)7(8(17)18)13-14-15/h2-4,10H2,1H3,(H,17,18)(H2,11,12,16,19). The first-order valence-electron chi connectivity index (χ1n) is 5.36. The van der Waals surface area contributed by atoms with Gasteiger partial charge in [0.25, 0.3) is 0 Å². The SMILES string of the molecule is CNC(=O)NC(=O)Cn1nnc(C(=O)O)c1CCN. The van der Waals surface area contributed by atoms with Crippen molar-refractivity contribution in [1.29, 1.82) is 0 Å². The third-order valence-corrected chi connectivity index (χ3v) is 2.19. The zero-order valence-corrected chi connectivity index (χ0v) is 10.2. The predicted molar refractivity (Wildman–Crippen MR) is 62.3 cm³/mol. The number of carbonyl (C=O) groups is 3. The van der Waals surface area contributed by atoms with Crippen molar-refractivity contribution in [3.8, 4) is 0 Å². The van der Waals surface area contributed by atoms with E-state index in [9.17, 15) is 14.4 Å². The lowest BCUT2D eigenvalue weighted by Crippen LogP contribution is -2.39. The minimum absolute atomic E-state index is 0.185. The molecular weight excluding hydrogens is 256 g/mol. The maximum Gasteiger partial charge on any atom is 0.358 e. The third kappa shape index (κ3) is 3.74. The highest BCUT2D eigenvalue weighted by Crippen LogP contribution is 2.06. The fraction of sp³-hybridized carbons (Fsp3) is 0.444. The fourth-order valence-electron chi connectivity index (χ4n) is 1.37. The van der Waals surface area contributed by atoms with Crippen LogP contribution >= 0.6 is 0 Å². The van der Waals surface area contributed by atoms with E-state index in [-0.39, 0.29) is 30.9 Å². The number of nitrogens with two attached hydrogens (primary N) is 1. The van der Waals surface area contributed by atoms with Crippen molar-refractivity contribution >= 4 is 17.9 Å². The van der Waals surface area contributed by atoms with Gasteiger partial charge in [0.15, 0.2) is 5.69 Å². The molecule has 0 bridgehead atoms. The van der Waals surface area contributed by atoms with E-state index in [1.807, 2.05) is 5.32 Å². The maximum atomic E-state index is 11.5. The molecule has 0 aromatic carbocycles. The Morgan fingerprint density at radius 1 is 1.42 bits per heavy atom. The third-order valence-electron chi connectivity index (χ3n) is 2.19. The maximum absolute atomic E-state index is 11.5. The lowest BCUT2D eigenvalue weighted by Gasteiger charge is -2.06. The Labute approximate surface area is 107 Å². The van der Waals surface area contributed by atoms with Crippen LogP contribution in [-0.2, 0) is 17.8 Å². The van der Waals surface area contributed by atoms with Crippen LogP contribution in [0.1, 0.15) is 16.2 Å². The zero-order valence-electron chi connectivity index (χ0n) is 10.2. The summed E-state index contributed by atoms with van der Waals surface area (Å²) in [5.74, 6) is -1.89. The highest BCUT2D eigenvalue weighted by molar-refractivity contribution is 5.94. The van der Waals surface area contributed by atoms with Gasteiger partial charge in [0.2, 0.25) is 5.91 Å². The van der Waals surface area contributed by atoms with Crippen LogP contribution < -0.4 is 16.4 Å². The van der Waals surface area contributed by atoms with Crippen LogP contribution in [-0.4, -0.2) is 51.6 Å². The minimum atomic E-state index is -1.25. The van der Waals surface area contributed by atoms with E-state index in [0.29, 0.717) is 0 Å². The lowest BCUT2D eigenvalue weighted by molar-refractivity contribution is -0.120. The average molecular weight is 270 g/mol. The Balaban J connectivity index is 2.86. The van der Waals surface area contributed by atoms with Crippen molar-refractivity contribution in [3.05, 3.63) is 11.4 Å². The van der Waals surface area contributed by atoms with E-state index in [4.69, 9.17) is 10.8 Å². The summed E-state index contributed by atoms with van der Waals surface area (Å²) in [4.78, 5) is 33.3. The summed E-state index contributed by atoms with van der Waals surface area (Å²) in [6.07, 6.45) is 0.210. The highest BCUT2D eigenvalue weighted by Gasteiger charge is 2.20. The van der Waals surface area contributed by atoms with Crippen molar-refractivity contribution in [2.75, 3.05) is 13.6 Å². The molecule has 1 heterocycles. The number of carboxylic acids is 1. The molecule has 0 aliphatic rings. The number of aromatic nitrogens is 3. The van der Waals surface area contributed by atoms with E-state index < -0.39 is 17.9 Å². The second-order valence-corrected chi connectivity index (χ2v) is 3.51. The number of rotatable bonds is 5. The van der Waals surface area contributed by atoms with Crippen LogP contribution in [0.3, 0.4) is 0 Å². The number of hydrogen-bond acceptors (Lipinski definition) is 6. The first kappa shape index (κ1) is 14.6. The molecule has 104 valence electrons. The van der Waals surface area contributed by atoms with Crippen molar-refractivity contribution < 1.29 is 19.5 Å². The Hall–Kier alpha value is -2.49. The van der Waals surface area contributed by atoms with E-state index >= 15 is 0 Å². The molecule has 0 radical (unpaired) electrons. The van der Waals surface area contributed by atoms with Gasteiger partial charge in [-0.2, -0.15) is 0 Å². The highest BCUT2D eigenvalue weighted by atomic mass is 16.4. The topological polar surface area (TPSA) is 152 Å². The number of carbonyl (C=O) groups excluding carboxylic acids is 2. The van der Waals surface area contributed by atoms with Gasteiger partial charge in [-0.3, -0.25) is 10.1 Å². The molecule has 0 atom stereocenters. The van der Waals surface area contributed by atoms with Gasteiger partial charge in [-0.1, -0.05) is 5.21 Å². The number of nitrogens with zero attached hydrogens (tertiary/aromatic N) is 3. The number of aromatic carboxylic acids is 1. The van der Waals surface area contributed by atoms with Crippen LogP contribution in [0.4, 0.5) is 4.79 Å². The minimum Gasteiger partial charge on any atom is -0.476 e. The number of nitrogens with one attached hydrogen (secondary N) is 2. The number of imide groups is 1. The summed E-state index contributed by atoms with van der Waals surface area (Å²) in [6.45, 7) is -0.131. The number of urea groups is 1. The molecule has 0 fully saturated rings. The van der Waals surface area contributed by atoms with Gasteiger partial charge in [-0.15, -0.1) is 5.10 Å². The van der Waals surface area contributed by atoms with E-state index in [0.717, 1.165) is 4.68 Å². The monoisotopic (exact) mass is 270 g/mol. The smallest absolute Gasteiger partial charge is 0.358 e. The quantitative estimate of drug-likeness (QED) is 0.479. The van der Waals surface area contributed by atoms with Crippen molar-refractivity contribution in [2.24, 2.45) is 5.73 Å². The molecule has 10 nitrogen and oxygen atoms in total. The summed E-state index contributed by atoms with van der Waals surface area (Å²) >= 11 is 0. The summed E-state index contributed by atoms with van der Waals surface area (Å²) < 4.78 is 1.11. The van der Waals surface area contributed by atoms with Crippen molar-refractivity contribution in [1.82, 2.24) is 25.6 Å². The van der Waals surface area contributed by atoms with Gasteiger partial charge in [-0.05, 0) is 6.54 Å². The molecule has 1 aromatic rings. The van der Waals surface area contributed by atoms with Crippen LogP contribution in [0.2, 0.25) is 0 Å². The van der Waals surface area contributed by atoms with Crippen LogP contribution in [0, 0.1) is 0 Å². The molecule has 19 heavy (non-hydrogen) atoms. The Bertz CT molecular complexity index is 497. The normalized spacial score (nSPS) is 10.0. The second kappa shape index (κ2) is 6.44. The van der Waals surface area contributed by atoms with Gasteiger partial charge < -0.3 is 16.2 Å². The molecule has 0 saturated carbocycles. The van der Waals surface area contributed by atoms with Crippen LogP contribution in [0.25, 0.3) is 0 Å². The Kier molecular flexibility index (Phi) is 4.94. The van der Waals surface area contributed by atoms with Crippen molar-refractivity contribution in [2.45, 2.75) is 13.0 Å². The largest absolute Gasteiger partial charge is 0.476 e. The molecule has 0 aliphatic carbocycles. The molecule has 5 N–H and O–H groups in total. The van der Waals surface area contributed by atoms with Gasteiger partial charge >= 0.3 is 12.0 Å². The summed E-state index contributed by atoms with van der Waals surface area (Å²) in [5.41, 5.74) is 5.35. The number of amides is 3. The van der Waals surface area contributed by atoms with E-state index in [1.54, 1.807) is 0 Å². The van der Waals surface area contributed by atoms with Crippen LogP contribution in [0.5, 0.6) is 0 Å². The zero-order chi connectivity index (χ0) is 14.4. The van der Waals surface area contributed by atoms with Gasteiger partial charge in [-0.25, -0.2) is 14.3 Å². The lowest BCUT2D eigenvalue weighted by atomic mass is 10.2. The molecular formula is C9H14N6O4. The predicted octanol–water partition coefficient (Wildman–Crippen LogP) is -2.07. The average Bonchev–Trinajstić information content (AvgIpc) is 2.72. The first-order chi connectivity index (χ1) is 8.99. The second-order valence-electron chi connectivity index (χ2n) is 3.51. The summed E-state index contributed by atoms with van der Waals surface area (Å²) in [7, 11) is 1.36. The summed E-state index contributed by atoms with van der Waals surface area (Å²) in [5, 5.41) is 20.2. The Morgan fingerprint density at radius 3 is 2.63 bits per heavy atom.